The van der Waals surface area contributed by atoms with Gasteiger partial charge in [0.05, 0.1) is 11.1 Å². The molecule has 74 valence electrons. The second kappa shape index (κ2) is 3.75. The maximum Gasteiger partial charge on any atom is 0.335 e. The third-order valence-electron chi connectivity index (χ3n) is 1.67. The second-order valence-corrected chi connectivity index (χ2v) is 2.58. The number of carbonyl (C=O) groups excluding carboxylic acids is 1. The van der Waals surface area contributed by atoms with Crippen LogP contribution in [-0.2, 0) is 0 Å². The number of carboxylic acid groups (broad SMARTS) is 1. The average molecular weight is 195 g/mol. The zero-order valence-electron chi connectivity index (χ0n) is 7.15. The van der Waals surface area contributed by atoms with Crippen LogP contribution in [0.1, 0.15) is 20.7 Å². The molecule has 6 nitrogen and oxygen atoms in total. The lowest BCUT2D eigenvalue weighted by Crippen LogP contribution is -2.30. The predicted octanol–water partition coefficient (Wildman–Crippen LogP) is -0.430. The minimum absolute atomic E-state index is 0.0241. The molecule has 1 aromatic carbocycles. The highest BCUT2D eigenvalue weighted by Gasteiger charge is 2.10. The van der Waals surface area contributed by atoms with Gasteiger partial charge in [0.25, 0.3) is 5.91 Å². The van der Waals surface area contributed by atoms with Gasteiger partial charge in [-0.1, -0.05) is 0 Å². The number of carbonyl (C=O) groups is 2. The molecule has 0 fully saturated rings. The van der Waals surface area contributed by atoms with Crippen LogP contribution in [0.3, 0.4) is 0 Å². The molecule has 0 saturated heterocycles. The van der Waals surface area contributed by atoms with Crippen LogP contribution < -0.4 is 17.0 Å². The van der Waals surface area contributed by atoms with Gasteiger partial charge in [-0.05, 0) is 18.2 Å². The highest BCUT2D eigenvalue weighted by atomic mass is 16.4. The third kappa shape index (κ3) is 1.80. The van der Waals surface area contributed by atoms with Crippen molar-refractivity contribution < 1.29 is 14.7 Å². The SMILES string of the molecule is NNC(=O)c1ccc(C(=O)O)cc1N. The average Bonchev–Trinajstić information content (AvgIpc) is 2.16. The first-order valence-corrected chi connectivity index (χ1v) is 3.70. The molecule has 0 aromatic heterocycles. The van der Waals surface area contributed by atoms with Gasteiger partial charge in [-0.3, -0.25) is 10.2 Å². The first-order valence-electron chi connectivity index (χ1n) is 3.70. The van der Waals surface area contributed by atoms with E-state index < -0.39 is 11.9 Å². The van der Waals surface area contributed by atoms with Crippen molar-refractivity contribution in [3.8, 4) is 0 Å². The molecule has 0 saturated carbocycles. The van der Waals surface area contributed by atoms with E-state index in [1.165, 1.54) is 18.2 Å². The zero-order chi connectivity index (χ0) is 10.7. The monoisotopic (exact) mass is 195 g/mol. The number of amides is 1. The van der Waals surface area contributed by atoms with Crippen LogP contribution in [0.4, 0.5) is 5.69 Å². The zero-order valence-corrected chi connectivity index (χ0v) is 7.15. The molecule has 0 unspecified atom stereocenters. The lowest BCUT2D eigenvalue weighted by Gasteiger charge is -2.04. The molecule has 6 N–H and O–H groups in total. The summed E-state index contributed by atoms with van der Waals surface area (Å²) in [5, 5.41) is 8.62. The molecular weight excluding hydrogens is 186 g/mol. The van der Waals surface area contributed by atoms with Gasteiger partial charge in [-0.25, -0.2) is 10.6 Å². The van der Waals surface area contributed by atoms with Crippen molar-refractivity contribution in [2.24, 2.45) is 5.84 Å². The Morgan fingerprint density at radius 2 is 2.00 bits per heavy atom. The molecule has 1 aromatic rings. The Balaban J connectivity index is 3.14. The molecular formula is C8H9N3O3. The van der Waals surface area contributed by atoms with E-state index in [1.807, 2.05) is 5.43 Å². The van der Waals surface area contributed by atoms with Crippen molar-refractivity contribution in [2.75, 3.05) is 5.73 Å². The smallest absolute Gasteiger partial charge is 0.335 e. The molecule has 0 spiro atoms. The molecule has 0 bridgehead atoms. The Kier molecular flexibility index (Phi) is 2.68. The molecule has 1 rings (SSSR count). The molecule has 14 heavy (non-hydrogen) atoms. The summed E-state index contributed by atoms with van der Waals surface area (Å²) in [6.45, 7) is 0. The maximum atomic E-state index is 11.1. The van der Waals surface area contributed by atoms with Gasteiger partial charge in [-0.15, -0.1) is 0 Å². The van der Waals surface area contributed by atoms with E-state index in [-0.39, 0.29) is 16.8 Å². The largest absolute Gasteiger partial charge is 0.478 e. The molecule has 1 amide bonds. The van der Waals surface area contributed by atoms with Crippen LogP contribution in [0.25, 0.3) is 0 Å². The standard InChI is InChI=1S/C8H9N3O3/c9-6-3-4(8(13)14)1-2-5(6)7(12)11-10/h1-3H,9-10H2,(H,11,12)(H,13,14). The topological polar surface area (TPSA) is 118 Å². The number of hydrogen-bond donors (Lipinski definition) is 4. The molecule has 0 radical (unpaired) electrons. The Hall–Kier alpha value is -2.08. The van der Waals surface area contributed by atoms with Crippen molar-refractivity contribution in [3.63, 3.8) is 0 Å². The number of rotatable bonds is 2. The van der Waals surface area contributed by atoms with Crippen LogP contribution in [0.2, 0.25) is 0 Å². The highest BCUT2D eigenvalue weighted by molar-refractivity contribution is 6.00. The number of benzene rings is 1. The van der Waals surface area contributed by atoms with Crippen molar-refractivity contribution in [1.82, 2.24) is 5.43 Å². The Labute approximate surface area is 79.5 Å². The number of nitrogen functional groups attached to an aromatic ring is 2. The van der Waals surface area contributed by atoms with E-state index in [0.29, 0.717) is 0 Å². The van der Waals surface area contributed by atoms with Crippen molar-refractivity contribution in [1.29, 1.82) is 0 Å². The third-order valence-corrected chi connectivity index (χ3v) is 1.67. The fourth-order valence-corrected chi connectivity index (χ4v) is 0.980. The van der Waals surface area contributed by atoms with Crippen LogP contribution >= 0.6 is 0 Å². The summed E-state index contributed by atoms with van der Waals surface area (Å²) in [7, 11) is 0. The normalized spacial score (nSPS) is 9.50. The maximum absolute atomic E-state index is 11.1. The van der Waals surface area contributed by atoms with Crippen molar-refractivity contribution >= 4 is 17.6 Å². The summed E-state index contributed by atoms with van der Waals surface area (Å²) >= 11 is 0. The summed E-state index contributed by atoms with van der Waals surface area (Å²) < 4.78 is 0. The van der Waals surface area contributed by atoms with E-state index in [1.54, 1.807) is 0 Å². The Morgan fingerprint density at radius 3 is 2.43 bits per heavy atom. The van der Waals surface area contributed by atoms with E-state index in [0.717, 1.165) is 0 Å². The summed E-state index contributed by atoms with van der Waals surface area (Å²) in [5.74, 6) is 3.24. The van der Waals surface area contributed by atoms with Gasteiger partial charge in [0, 0.05) is 5.69 Å². The molecule has 0 aliphatic rings. The Morgan fingerprint density at radius 1 is 1.36 bits per heavy atom. The van der Waals surface area contributed by atoms with E-state index in [2.05, 4.69) is 0 Å². The van der Waals surface area contributed by atoms with E-state index in [9.17, 15) is 9.59 Å². The van der Waals surface area contributed by atoms with Gasteiger partial charge in [0.2, 0.25) is 0 Å². The number of anilines is 1. The first kappa shape index (κ1) is 10.0. The summed E-state index contributed by atoms with van der Waals surface area (Å²) in [4.78, 5) is 21.6. The molecule has 6 heteroatoms. The van der Waals surface area contributed by atoms with Crippen LogP contribution in [0, 0.1) is 0 Å². The fourth-order valence-electron chi connectivity index (χ4n) is 0.980. The van der Waals surface area contributed by atoms with Gasteiger partial charge < -0.3 is 10.8 Å². The van der Waals surface area contributed by atoms with Crippen LogP contribution in [0.15, 0.2) is 18.2 Å². The lowest BCUT2D eigenvalue weighted by molar-refractivity contribution is 0.0696. The molecule has 0 atom stereocenters. The molecule has 0 aliphatic carbocycles. The quantitative estimate of drug-likeness (QED) is 0.221. The highest BCUT2D eigenvalue weighted by Crippen LogP contribution is 2.13. The van der Waals surface area contributed by atoms with Crippen molar-refractivity contribution in [2.45, 2.75) is 0 Å². The number of nitrogens with one attached hydrogen (secondary N) is 1. The number of hydrogen-bond acceptors (Lipinski definition) is 4. The minimum Gasteiger partial charge on any atom is -0.478 e. The van der Waals surface area contributed by atoms with Crippen molar-refractivity contribution in [3.05, 3.63) is 29.3 Å². The van der Waals surface area contributed by atoms with Gasteiger partial charge >= 0.3 is 5.97 Å². The molecule has 0 aliphatic heterocycles. The Bertz CT molecular complexity index is 389. The number of nitrogens with two attached hydrogens (primary N) is 2. The van der Waals surface area contributed by atoms with Gasteiger partial charge in [0.1, 0.15) is 0 Å². The van der Waals surface area contributed by atoms with Crippen LogP contribution in [-0.4, -0.2) is 17.0 Å². The number of carboxylic acids is 1. The number of hydrazine groups is 1. The van der Waals surface area contributed by atoms with E-state index in [4.69, 9.17) is 16.7 Å². The molecule has 0 heterocycles. The van der Waals surface area contributed by atoms with Crippen LogP contribution in [0.5, 0.6) is 0 Å². The number of aromatic carboxylic acids is 1. The lowest BCUT2D eigenvalue weighted by atomic mass is 10.1. The summed E-state index contributed by atoms with van der Waals surface area (Å²) in [5.41, 5.74) is 7.61. The fraction of sp³-hybridized carbons (Fsp3) is 0. The predicted molar refractivity (Wildman–Crippen MR) is 49.5 cm³/mol. The van der Waals surface area contributed by atoms with E-state index >= 15 is 0 Å². The summed E-state index contributed by atoms with van der Waals surface area (Å²) in [6.07, 6.45) is 0. The van der Waals surface area contributed by atoms with Gasteiger partial charge in [0.15, 0.2) is 0 Å². The minimum atomic E-state index is -1.10. The summed E-state index contributed by atoms with van der Waals surface area (Å²) in [6, 6.07) is 3.79. The second-order valence-electron chi connectivity index (χ2n) is 2.58. The van der Waals surface area contributed by atoms with Gasteiger partial charge in [-0.2, -0.15) is 0 Å². The first-order chi connectivity index (χ1) is 6.56.